The SMILES string of the molecule is CC(=O)N1c2ccc(-c3ccc(S(C)(=O)=O)cc3)cc2N(C(=O)c2ccc(S(C)(=O)=O)o2)C[C@@H]1C. The molecule has 9 nitrogen and oxygen atoms in total. The zero-order chi connectivity index (χ0) is 25.7. The average molecular weight is 517 g/mol. The van der Waals surface area contributed by atoms with Crippen LogP contribution >= 0.6 is 0 Å². The smallest absolute Gasteiger partial charge is 0.294 e. The Kier molecular flexibility index (Phi) is 6.10. The quantitative estimate of drug-likeness (QED) is 0.522. The van der Waals surface area contributed by atoms with Gasteiger partial charge in [0.2, 0.25) is 20.8 Å². The summed E-state index contributed by atoms with van der Waals surface area (Å²) in [6, 6.07) is 13.8. The van der Waals surface area contributed by atoms with Crippen molar-refractivity contribution in [2.24, 2.45) is 0 Å². The molecule has 0 aliphatic carbocycles. The van der Waals surface area contributed by atoms with Crippen LogP contribution in [0.2, 0.25) is 0 Å². The second-order valence-corrected chi connectivity index (χ2v) is 12.5. The maximum Gasteiger partial charge on any atom is 0.294 e. The molecule has 0 spiro atoms. The number of rotatable bonds is 4. The zero-order valence-corrected chi connectivity index (χ0v) is 21.2. The van der Waals surface area contributed by atoms with Crippen molar-refractivity contribution >= 4 is 42.9 Å². The van der Waals surface area contributed by atoms with E-state index in [1.165, 1.54) is 36.1 Å². The lowest BCUT2D eigenvalue weighted by atomic mass is 10.0. The fourth-order valence-corrected chi connectivity index (χ4v) is 5.33. The third-order valence-electron chi connectivity index (χ3n) is 5.77. The molecule has 35 heavy (non-hydrogen) atoms. The van der Waals surface area contributed by atoms with E-state index in [0.717, 1.165) is 18.1 Å². The van der Waals surface area contributed by atoms with Gasteiger partial charge in [-0.25, -0.2) is 16.8 Å². The molecule has 1 aliphatic heterocycles. The van der Waals surface area contributed by atoms with Gasteiger partial charge in [-0.2, -0.15) is 0 Å². The van der Waals surface area contributed by atoms with Crippen LogP contribution in [-0.4, -0.2) is 53.7 Å². The van der Waals surface area contributed by atoms with Crippen LogP contribution in [0.3, 0.4) is 0 Å². The summed E-state index contributed by atoms with van der Waals surface area (Å²) in [6.07, 6.45) is 2.12. The van der Waals surface area contributed by atoms with Crippen molar-refractivity contribution in [3.8, 4) is 11.1 Å². The summed E-state index contributed by atoms with van der Waals surface area (Å²) in [6.45, 7) is 3.42. The maximum absolute atomic E-state index is 13.4. The van der Waals surface area contributed by atoms with E-state index in [-0.39, 0.29) is 34.2 Å². The molecule has 0 saturated heterocycles. The summed E-state index contributed by atoms with van der Waals surface area (Å²) in [4.78, 5) is 29.0. The lowest BCUT2D eigenvalue weighted by molar-refractivity contribution is -0.117. The fraction of sp³-hybridized carbons (Fsp3) is 0.250. The summed E-state index contributed by atoms with van der Waals surface area (Å²) in [5.41, 5.74) is 2.40. The molecular formula is C24H24N2O7S2. The van der Waals surface area contributed by atoms with Crippen LogP contribution < -0.4 is 9.80 Å². The number of amides is 2. The molecule has 3 aromatic rings. The largest absolute Gasteiger partial charge is 0.440 e. The molecule has 1 atom stereocenters. The van der Waals surface area contributed by atoms with Crippen LogP contribution in [-0.2, 0) is 24.5 Å². The Morgan fingerprint density at radius 3 is 2.03 bits per heavy atom. The summed E-state index contributed by atoms with van der Waals surface area (Å²) in [7, 11) is -6.98. The first-order valence-electron chi connectivity index (χ1n) is 10.6. The van der Waals surface area contributed by atoms with Crippen molar-refractivity contribution in [1.82, 2.24) is 0 Å². The minimum atomic E-state index is -3.63. The lowest BCUT2D eigenvalue weighted by Gasteiger charge is -2.40. The molecule has 2 heterocycles. The van der Waals surface area contributed by atoms with Crippen molar-refractivity contribution in [2.45, 2.75) is 29.9 Å². The Balaban J connectivity index is 1.81. The monoisotopic (exact) mass is 516 g/mol. The maximum atomic E-state index is 13.4. The molecule has 0 saturated carbocycles. The summed E-state index contributed by atoms with van der Waals surface area (Å²) in [5, 5.41) is -0.309. The molecule has 0 radical (unpaired) electrons. The first kappa shape index (κ1) is 24.7. The third kappa shape index (κ3) is 4.73. The third-order valence-corrected chi connectivity index (χ3v) is 7.85. The minimum absolute atomic E-state index is 0.136. The van der Waals surface area contributed by atoms with E-state index < -0.39 is 25.6 Å². The Morgan fingerprint density at radius 2 is 1.49 bits per heavy atom. The van der Waals surface area contributed by atoms with Gasteiger partial charge in [0.25, 0.3) is 5.91 Å². The van der Waals surface area contributed by atoms with Crippen LogP contribution in [0.4, 0.5) is 11.4 Å². The minimum Gasteiger partial charge on any atom is -0.440 e. The molecule has 0 bridgehead atoms. The van der Waals surface area contributed by atoms with Gasteiger partial charge in [-0.3, -0.25) is 9.59 Å². The van der Waals surface area contributed by atoms with Crippen LogP contribution in [0, 0.1) is 0 Å². The molecule has 2 aromatic carbocycles. The molecule has 0 N–H and O–H groups in total. The van der Waals surface area contributed by atoms with Gasteiger partial charge >= 0.3 is 0 Å². The second-order valence-electron chi connectivity index (χ2n) is 8.54. The van der Waals surface area contributed by atoms with Crippen molar-refractivity contribution in [3.63, 3.8) is 0 Å². The Labute approximate surface area is 203 Å². The van der Waals surface area contributed by atoms with Crippen molar-refractivity contribution in [1.29, 1.82) is 0 Å². The summed E-state index contributed by atoms with van der Waals surface area (Å²) in [5.74, 6) is -0.864. The fourth-order valence-electron chi connectivity index (χ4n) is 4.14. The highest BCUT2D eigenvalue weighted by Gasteiger charge is 2.35. The van der Waals surface area contributed by atoms with E-state index in [1.54, 1.807) is 35.2 Å². The van der Waals surface area contributed by atoms with Crippen molar-refractivity contribution in [3.05, 3.63) is 60.4 Å². The zero-order valence-electron chi connectivity index (χ0n) is 19.5. The number of anilines is 2. The van der Waals surface area contributed by atoms with Crippen molar-refractivity contribution < 1.29 is 30.8 Å². The first-order valence-corrected chi connectivity index (χ1v) is 14.4. The van der Waals surface area contributed by atoms with E-state index in [1.807, 2.05) is 6.92 Å². The number of fused-ring (bicyclic) bond motifs is 1. The molecular weight excluding hydrogens is 492 g/mol. The molecule has 0 fully saturated rings. The van der Waals surface area contributed by atoms with Gasteiger partial charge in [0, 0.05) is 26.0 Å². The van der Waals surface area contributed by atoms with Crippen LogP contribution in [0.5, 0.6) is 0 Å². The predicted molar refractivity (Wildman–Crippen MR) is 131 cm³/mol. The summed E-state index contributed by atoms with van der Waals surface area (Å²) < 4.78 is 52.5. The number of furan rings is 1. The Bertz CT molecular complexity index is 1540. The van der Waals surface area contributed by atoms with E-state index in [9.17, 15) is 26.4 Å². The molecule has 1 aliphatic rings. The summed E-state index contributed by atoms with van der Waals surface area (Å²) >= 11 is 0. The number of nitrogens with zero attached hydrogens (tertiary/aromatic N) is 2. The van der Waals surface area contributed by atoms with Gasteiger partial charge < -0.3 is 14.2 Å². The Morgan fingerprint density at radius 1 is 0.857 bits per heavy atom. The number of carbonyl (C=O) groups excluding carboxylic acids is 2. The normalized spacial score (nSPS) is 16.2. The molecule has 11 heteroatoms. The van der Waals surface area contributed by atoms with Crippen LogP contribution in [0.1, 0.15) is 24.4 Å². The highest BCUT2D eigenvalue weighted by atomic mass is 32.2. The number of hydrogen-bond donors (Lipinski definition) is 0. The van der Waals surface area contributed by atoms with E-state index in [0.29, 0.717) is 16.9 Å². The molecule has 4 rings (SSSR count). The molecule has 2 amide bonds. The molecule has 1 aromatic heterocycles. The second kappa shape index (κ2) is 8.65. The predicted octanol–water partition coefficient (Wildman–Crippen LogP) is 3.16. The van der Waals surface area contributed by atoms with Crippen molar-refractivity contribution in [2.75, 3.05) is 28.9 Å². The van der Waals surface area contributed by atoms with Gasteiger partial charge in [-0.05, 0) is 54.4 Å². The average Bonchev–Trinajstić information content (AvgIpc) is 3.28. The Hall–Kier alpha value is -3.44. The van der Waals surface area contributed by atoms with Gasteiger partial charge in [0.1, 0.15) is 0 Å². The lowest BCUT2D eigenvalue weighted by Crippen LogP contribution is -2.51. The van der Waals surface area contributed by atoms with E-state index in [2.05, 4.69) is 0 Å². The number of hydrogen-bond acceptors (Lipinski definition) is 7. The number of benzene rings is 2. The first-order chi connectivity index (χ1) is 16.3. The number of carbonyl (C=O) groups is 2. The molecule has 184 valence electrons. The topological polar surface area (TPSA) is 122 Å². The van der Waals surface area contributed by atoms with Crippen LogP contribution in [0.25, 0.3) is 11.1 Å². The number of sulfone groups is 2. The van der Waals surface area contributed by atoms with Gasteiger partial charge in [-0.15, -0.1) is 0 Å². The van der Waals surface area contributed by atoms with Gasteiger partial charge in [0.15, 0.2) is 15.6 Å². The molecule has 0 unspecified atom stereocenters. The van der Waals surface area contributed by atoms with Gasteiger partial charge in [-0.1, -0.05) is 18.2 Å². The standard InChI is InChI=1S/C24H24N2O7S2/c1-15-14-25(24(28)22-11-12-23(33-22)35(4,31)32)21-13-18(7-10-20(21)26(15)16(2)27)17-5-8-19(9-6-17)34(3,29)30/h5-13,15H,14H2,1-4H3/t15-/m0/s1. The van der Waals surface area contributed by atoms with Gasteiger partial charge in [0.05, 0.1) is 22.3 Å². The van der Waals surface area contributed by atoms with E-state index >= 15 is 0 Å². The highest BCUT2D eigenvalue weighted by Crippen LogP contribution is 2.40. The van der Waals surface area contributed by atoms with E-state index in [4.69, 9.17) is 4.42 Å². The van der Waals surface area contributed by atoms with Crippen LogP contribution in [0.15, 0.2) is 69.0 Å². The highest BCUT2D eigenvalue weighted by molar-refractivity contribution is 7.90.